The van der Waals surface area contributed by atoms with Crippen LogP contribution in [0.1, 0.15) is 61.3 Å². The molecule has 0 amide bonds. The van der Waals surface area contributed by atoms with Gasteiger partial charge in [0.25, 0.3) is 0 Å². The summed E-state index contributed by atoms with van der Waals surface area (Å²) < 4.78 is 10.4. The summed E-state index contributed by atoms with van der Waals surface area (Å²) in [6.07, 6.45) is 0.953. The number of carbonyl (C=O) groups excluding carboxylic acids is 2. The van der Waals surface area contributed by atoms with E-state index in [0.717, 1.165) is 0 Å². The van der Waals surface area contributed by atoms with Gasteiger partial charge in [-0.2, -0.15) is 0 Å². The number of benzene rings is 1. The molecule has 124 valence electrons. The zero-order valence-electron chi connectivity index (χ0n) is 14.2. The maximum Gasteiger partial charge on any atom is 0.339 e. The fourth-order valence-corrected chi connectivity index (χ4v) is 1.97. The van der Waals surface area contributed by atoms with Crippen molar-refractivity contribution in [1.29, 1.82) is 0 Å². The number of rotatable bonds is 6. The van der Waals surface area contributed by atoms with E-state index in [1.54, 1.807) is 25.1 Å². The third-order valence-corrected chi connectivity index (χ3v) is 2.98. The van der Waals surface area contributed by atoms with Crippen LogP contribution in [-0.2, 0) is 9.47 Å². The zero-order valence-corrected chi connectivity index (χ0v) is 14.2. The minimum absolute atomic E-state index is 0.288. The van der Waals surface area contributed by atoms with Crippen LogP contribution < -0.4 is 0 Å². The Morgan fingerprint density at radius 2 is 1.78 bits per heavy atom. The van der Waals surface area contributed by atoms with Gasteiger partial charge in [0.2, 0.25) is 0 Å². The van der Waals surface area contributed by atoms with Crippen LogP contribution in [-0.4, -0.2) is 24.6 Å². The van der Waals surface area contributed by atoms with Crippen LogP contribution in [0, 0.1) is 17.8 Å². The second-order valence-electron chi connectivity index (χ2n) is 5.50. The zero-order chi connectivity index (χ0) is 17.2. The van der Waals surface area contributed by atoms with E-state index in [1.165, 1.54) is 6.07 Å². The number of hydrogen-bond acceptors (Lipinski definition) is 4. The summed E-state index contributed by atoms with van der Waals surface area (Å²) in [4.78, 5) is 24.0. The highest BCUT2D eigenvalue weighted by molar-refractivity contribution is 5.95. The van der Waals surface area contributed by atoms with Crippen molar-refractivity contribution in [3.05, 3.63) is 35.4 Å². The molecule has 0 bridgehead atoms. The van der Waals surface area contributed by atoms with Crippen molar-refractivity contribution in [3.63, 3.8) is 0 Å². The fraction of sp³-hybridized carbons (Fsp3) is 0.474. The Morgan fingerprint density at radius 1 is 1.13 bits per heavy atom. The molecule has 0 aromatic heterocycles. The van der Waals surface area contributed by atoms with Crippen LogP contribution in [0.5, 0.6) is 0 Å². The normalized spacial score (nSPS) is 11.3. The molecule has 1 aromatic carbocycles. The number of carbonyl (C=O) groups is 2. The second-order valence-corrected chi connectivity index (χ2v) is 5.50. The minimum Gasteiger partial charge on any atom is -0.462 e. The molecule has 23 heavy (non-hydrogen) atoms. The van der Waals surface area contributed by atoms with E-state index in [2.05, 4.69) is 25.7 Å². The van der Waals surface area contributed by atoms with Gasteiger partial charge in [0.15, 0.2) is 6.10 Å². The van der Waals surface area contributed by atoms with E-state index in [4.69, 9.17) is 9.47 Å². The van der Waals surface area contributed by atoms with Crippen molar-refractivity contribution in [2.45, 2.75) is 46.6 Å². The molecular formula is C19H24O4. The molecule has 4 heteroatoms. The standard InChI is InChI=1S/C19H24O4/c1-5-7-11-17(12-14(3)4)23-19(21)16-10-8-9-15(13-16)18(20)22-6-2/h8-10,13-14,17H,5-6,12H2,1-4H3. The molecule has 0 aliphatic carbocycles. The van der Waals surface area contributed by atoms with Crippen molar-refractivity contribution in [3.8, 4) is 11.8 Å². The molecule has 1 rings (SSSR count). The Balaban J connectivity index is 2.86. The largest absolute Gasteiger partial charge is 0.462 e. The van der Waals surface area contributed by atoms with Crippen LogP contribution >= 0.6 is 0 Å². The van der Waals surface area contributed by atoms with Crippen molar-refractivity contribution in [1.82, 2.24) is 0 Å². The van der Waals surface area contributed by atoms with Gasteiger partial charge in [-0.05, 0) is 37.5 Å². The van der Waals surface area contributed by atoms with Crippen LogP contribution in [0.4, 0.5) is 0 Å². The SMILES string of the molecule is CCC#CC(CC(C)C)OC(=O)c1cccc(C(=O)OCC)c1. The molecule has 0 radical (unpaired) electrons. The topological polar surface area (TPSA) is 52.6 Å². The Kier molecular flexibility index (Phi) is 7.90. The van der Waals surface area contributed by atoms with Gasteiger partial charge in [-0.1, -0.05) is 38.7 Å². The third-order valence-electron chi connectivity index (χ3n) is 2.98. The van der Waals surface area contributed by atoms with Gasteiger partial charge in [-0.15, -0.1) is 0 Å². The predicted octanol–water partition coefficient (Wildman–Crippen LogP) is 3.85. The lowest BCUT2D eigenvalue weighted by atomic mass is 10.1. The predicted molar refractivity (Wildman–Crippen MR) is 89.1 cm³/mol. The van der Waals surface area contributed by atoms with Crippen LogP contribution in [0.2, 0.25) is 0 Å². The highest BCUT2D eigenvalue weighted by Crippen LogP contribution is 2.13. The van der Waals surface area contributed by atoms with Crippen molar-refractivity contribution < 1.29 is 19.1 Å². The van der Waals surface area contributed by atoms with Gasteiger partial charge >= 0.3 is 11.9 Å². The molecule has 0 N–H and O–H groups in total. The van der Waals surface area contributed by atoms with Crippen LogP contribution in [0.15, 0.2) is 24.3 Å². The van der Waals surface area contributed by atoms with Gasteiger partial charge in [0.1, 0.15) is 0 Å². The maximum atomic E-state index is 12.3. The first-order valence-corrected chi connectivity index (χ1v) is 7.94. The lowest BCUT2D eigenvalue weighted by Crippen LogP contribution is -2.19. The Hall–Kier alpha value is -2.28. The van der Waals surface area contributed by atoms with E-state index in [9.17, 15) is 9.59 Å². The summed E-state index contributed by atoms with van der Waals surface area (Å²) in [5, 5.41) is 0. The van der Waals surface area contributed by atoms with Gasteiger partial charge in [-0.3, -0.25) is 0 Å². The van der Waals surface area contributed by atoms with E-state index in [0.29, 0.717) is 29.9 Å². The van der Waals surface area contributed by atoms with E-state index < -0.39 is 18.0 Å². The van der Waals surface area contributed by atoms with Gasteiger partial charge in [-0.25, -0.2) is 9.59 Å². The first-order chi connectivity index (χ1) is 11.0. The maximum absolute atomic E-state index is 12.3. The highest BCUT2D eigenvalue weighted by Gasteiger charge is 2.17. The van der Waals surface area contributed by atoms with Crippen molar-refractivity contribution in [2.24, 2.45) is 5.92 Å². The summed E-state index contributed by atoms with van der Waals surface area (Å²) in [5.74, 6) is 5.36. The van der Waals surface area contributed by atoms with Crippen molar-refractivity contribution >= 4 is 11.9 Å². The molecule has 0 saturated heterocycles. The Labute approximate surface area is 138 Å². The smallest absolute Gasteiger partial charge is 0.339 e. The molecule has 0 aliphatic heterocycles. The Bertz CT molecular complexity index is 593. The summed E-state index contributed by atoms with van der Waals surface area (Å²) >= 11 is 0. The summed E-state index contributed by atoms with van der Waals surface area (Å²) in [6.45, 7) is 8.07. The third kappa shape index (κ3) is 6.56. The molecule has 0 aliphatic rings. The molecule has 0 heterocycles. The molecule has 0 fully saturated rings. The summed E-state index contributed by atoms with van der Waals surface area (Å²) in [5.41, 5.74) is 0.656. The molecule has 0 spiro atoms. The number of hydrogen-bond donors (Lipinski definition) is 0. The fourth-order valence-electron chi connectivity index (χ4n) is 1.97. The first-order valence-electron chi connectivity index (χ1n) is 7.94. The average Bonchev–Trinajstić information content (AvgIpc) is 2.52. The highest BCUT2D eigenvalue weighted by atomic mass is 16.5. The average molecular weight is 316 g/mol. The molecule has 1 aromatic rings. The van der Waals surface area contributed by atoms with Crippen molar-refractivity contribution in [2.75, 3.05) is 6.61 Å². The number of ether oxygens (including phenoxy) is 2. The van der Waals surface area contributed by atoms with Crippen LogP contribution in [0.25, 0.3) is 0 Å². The van der Waals surface area contributed by atoms with E-state index in [-0.39, 0.29) is 6.61 Å². The molecule has 1 unspecified atom stereocenters. The first kappa shape index (κ1) is 18.8. The molecule has 1 atom stereocenters. The molecule has 4 nitrogen and oxygen atoms in total. The summed E-state index contributed by atoms with van der Waals surface area (Å²) in [7, 11) is 0. The second kappa shape index (κ2) is 9.68. The van der Waals surface area contributed by atoms with E-state index in [1.807, 2.05) is 6.92 Å². The molecule has 0 saturated carbocycles. The lowest BCUT2D eigenvalue weighted by Gasteiger charge is -2.15. The monoisotopic (exact) mass is 316 g/mol. The van der Waals surface area contributed by atoms with Crippen LogP contribution in [0.3, 0.4) is 0 Å². The minimum atomic E-state index is -0.479. The number of esters is 2. The van der Waals surface area contributed by atoms with E-state index >= 15 is 0 Å². The summed E-state index contributed by atoms with van der Waals surface area (Å²) in [6, 6.07) is 6.35. The lowest BCUT2D eigenvalue weighted by molar-refractivity contribution is 0.0377. The van der Waals surface area contributed by atoms with Gasteiger partial charge in [0.05, 0.1) is 17.7 Å². The van der Waals surface area contributed by atoms with Gasteiger partial charge < -0.3 is 9.47 Å². The molecular weight excluding hydrogens is 292 g/mol. The van der Waals surface area contributed by atoms with Gasteiger partial charge in [0, 0.05) is 6.42 Å². The quantitative estimate of drug-likeness (QED) is 0.591. The Morgan fingerprint density at radius 3 is 2.35 bits per heavy atom.